The molecule has 0 amide bonds. The van der Waals surface area contributed by atoms with Crippen LogP contribution in [0.4, 0.5) is 0 Å². The molecule has 482 valence electrons. The Hall–Kier alpha value is -6.66. The predicted octanol–water partition coefficient (Wildman–Crippen LogP) is 21.2. The van der Waals surface area contributed by atoms with Crippen molar-refractivity contribution in [2.24, 2.45) is 0 Å². The van der Waals surface area contributed by atoms with Gasteiger partial charge in [-0.3, -0.25) is 0 Å². The molecular weight excluding hydrogens is 1070 g/mol. The molecule has 0 aromatic heterocycles. The van der Waals surface area contributed by atoms with Crippen LogP contribution in [-0.2, 0) is 23.7 Å². The highest BCUT2D eigenvalue weighted by atomic mass is 16.5. The fraction of sp³-hybridized carbons (Fsp3) is 0.447. The van der Waals surface area contributed by atoms with Crippen LogP contribution in [0, 0.1) is 0 Å². The molecule has 0 aliphatic rings. The van der Waals surface area contributed by atoms with Crippen LogP contribution in [-0.4, -0.2) is 102 Å². The summed E-state index contributed by atoms with van der Waals surface area (Å²) in [7, 11) is 8.34. The van der Waals surface area contributed by atoms with Crippen molar-refractivity contribution in [1.29, 1.82) is 0 Å². The Kier molecular flexibility index (Phi) is 68.9. The molecule has 86 heavy (non-hydrogen) atoms. The summed E-state index contributed by atoms with van der Waals surface area (Å²) in [6.45, 7) is 35.2. The van der Waals surface area contributed by atoms with E-state index in [9.17, 15) is 0 Å². The third-order valence-corrected chi connectivity index (χ3v) is 9.98. The number of para-hydroxylation sites is 2. The van der Waals surface area contributed by atoms with Crippen LogP contribution in [0.5, 0.6) is 28.7 Å². The van der Waals surface area contributed by atoms with Gasteiger partial charge in [0.1, 0.15) is 61.8 Å². The maximum absolute atomic E-state index is 5.63. The first-order valence-corrected chi connectivity index (χ1v) is 31.4. The first-order valence-electron chi connectivity index (χ1n) is 31.4. The van der Waals surface area contributed by atoms with Crippen molar-refractivity contribution in [2.75, 3.05) is 102 Å². The number of benzene rings is 8. The number of methoxy groups -OCH3 is 5. The minimum atomic E-state index is 0.588. The van der Waals surface area contributed by atoms with E-state index in [1.807, 2.05) is 175 Å². The minimum Gasteiger partial charge on any atom is -0.491 e. The lowest BCUT2D eigenvalue weighted by atomic mass is 10.1. The topological polar surface area (TPSA) is 92.3 Å². The first-order chi connectivity index (χ1) is 42.3. The van der Waals surface area contributed by atoms with E-state index in [1.165, 1.54) is 48.3 Å². The molecular formula is C76H118O10. The zero-order valence-electron chi connectivity index (χ0n) is 57.1. The standard InChI is InChI=1S/3C13H14O2.2C9H12O2.C4H10.3C3H8.3C2H6/c3*1-14-9-10-15-13-8-4-6-11-5-2-3-7-12(11)13;2*1-10-7-8-11-9-5-3-2-4-6-9;1-3-4-2;3*1-3-2;3*1-2/h3*2-8H,9-10H2,1H3;2*2-6H,7-8H2,1H3;3-4H2,1-2H3;3*3H2,1-2H3;3*1-2H3. The predicted molar refractivity (Wildman–Crippen MR) is 374 cm³/mol. The van der Waals surface area contributed by atoms with Crippen LogP contribution < -0.4 is 23.7 Å². The lowest BCUT2D eigenvalue weighted by Crippen LogP contribution is -2.04. The Bertz CT molecular complexity index is 2290. The van der Waals surface area contributed by atoms with Crippen molar-refractivity contribution in [3.05, 3.63) is 188 Å². The van der Waals surface area contributed by atoms with Crippen LogP contribution >= 0.6 is 0 Å². The van der Waals surface area contributed by atoms with Crippen molar-refractivity contribution in [2.45, 2.75) is 129 Å². The lowest BCUT2D eigenvalue weighted by molar-refractivity contribution is 0.146. The van der Waals surface area contributed by atoms with Crippen LogP contribution in [0.1, 0.15) is 129 Å². The third kappa shape index (κ3) is 46.6. The summed E-state index contributed by atoms with van der Waals surface area (Å²) in [5.74, 6) is 4.55. The third-order valence-electron chi connectivity index (χ3n) is 9.98. The molecule has 8 aromatic carbocycles. The van der Waals surface area contributed by atoms with Crippen LogP contribution in [0.3, 0.4) is 0 Å². The molecule has 8 aromatic rings. The highest BCUT2D eigenvalue weighted by Crippen LogP contribution is 2.27. The maximum atomic E-state index is 5.63. The summed E-state index contributed by atoms with van der Waals surface area (Å²) in [5.41, 5.74) is 0. The SMILES string of the molecule is CC.CC.CC.CCC.CCC.CCC.CCCC.COCCOc1cccc2ccccc12.COCCOc1cccc2ccccc12.COCCOc1cccc2ccccc12.COCCOc1ccccc1.COCCOc1ccccc1. The number of hydrogen-bond acceptors (Lipinski definition) is 10. The van der Waals surface area contributed by atoms with Crippen molar-refractivity contribution in [3.8, 4) is 28.7 Å². The number of hydrogen-bond donors (Lipinski definition) is 0. The van der Waals surface area contributed by atoms with Crippen molar-refractivity contribution < 1.29 is 47.4 Å². The van der Waals surface area contributed by atoms with E-state index >= 15 is 0 Å². The number of unbranched alkanes of at least 4 members (excludes halogenated alkanes) is 1. The van der Waals surface area contributed by atoms with Gasteiger partial charge >= 0.3 is 0 Å². The van der Waals surface area contributed by atoms with Crippen molar-refractivity contribution in [1.82, 2.24) is 0 Å². The fourth-order valence-electron chi connectivity index (χ4n) is 6.19. The van der Waals surface area contributed by atoms with Crippen LogP contribution in [0.2, 0.25) is 0 Å². The lowest BCUT2D eigenvalue weighted by Gasteiger charge is -2.08. The summed E-state index contributed by atoms with van der Waals surface area (Å²) in [6.07, 6.45) is 6.39. The smallest absolute Gasteiger partial charge is 0.127 e. The molecule has 0 saturated heterocycles. The highest BCUT2D eigenvalue weighted by Gasteiger charge is 2.02. The van der Waals surface area contributed by atoms with Gasteiger partial charge in [-0.05, 0) is 58.6 Å². The molecule has 0 radical (unpaired) electrons. The molecule has 0 saturated carbocycles. The zero-order chi connectivity index (χ0) is 64.9. The van der Waals surface area contributed by atoms with E-state index < -0.39 is 0 Å². The molecule has 8 rings (SSSR count). The average Bonchev–Trinajstić information content (AvgIpc) is 3.77. The van der Waals surface area contributed by atoms with E-state index in [0.29, 0.717) is 66.1 Å². The molecule has 0 atom stereocenters. The van der Waals surface area contributed by atoms with Crippen molar-refractivity contribution in [3.63, 3.8) is 0 Å². The van der Waals surface area contributed by atoms with Gasteiger partial charge in [-0.25, -0.2) is 0 Å². The summed E-state index contributed by atoms with van der Waals surface area (Å²) >= 11 is 0. The number of fused-ring (bicyclic) bond motifs is 3. The monoisotopic (exact) mass is 1190 g/mol. The van der Waals surface area contributed by atoms with E-state index in [-0.39, 0.29) is 0 Å². The molecule has 0 bridgehead atoms. The van der Waals surface area contributed by atoms with Gasteiger partial charge in [-0.2, -0.15) is 0 Å². The van der Waals surface area contributed by atoms with Gasteiger partial charge in [0.15, 0.2) is 0 Å². The van der Waals surface area contributed by atoms with Crippen LogP contribution in [0.15, 0.2) is 188 Å². The van der Waals surface area contributed by atoms with E-state index in [4.69, 9.17) is 47.4 Å². The second kappa shape index (κ2) is 69.1. The summed E-state index contributed by atoms with van der Waals surface area (Å²) in [5, 5.41) is 7.05. The quantitative estimate of drug-likeness (QED) is 0.0648. The average molecular weight is 1190 g/mol. The minimum absolute atomic E-state index is 0.588. The largest absolute Gasteiger partial charge is 0.491 e. The molecule has 10 nitrogen and oxygen atoms in total. The molecule has 0 fully saturated rings. The second-order valence-corrected chi connectivity index (χ2v) is 17.4. The Morgan fingerprint density at radius 3 is 0.640 bits per heavy atom. The first kappa shape index (κ1) is 85.8. The summed E-state index contributed by atoms with van der Waals surface area (Å²) in [6, 6.07) is 62.2. The number of ether oxygens (including phenoxy) is 10. The Morgan fingerprint density at radius 2 is 0.419 bits per heavy atom. The van der Waals surface area contributed by atoms with Gasteiger partial charge in [0.2, 0.25) is 0 Å². The van der Waals surface area contributed by atoms with Gasteiger partial charge in [-0.1, -0.05) is 275 Å². The van der Waals surface area contributed by atoms with E-state index in [1.54, 1.807) is 35.5 Å². The normalized spacial score (nSPS) is 9.10. The molecule has 0 unspecified atom stereocenters. The maximum Gasteiger partial charge on any atom is 0.127 e. The molecule has 10 heteroatoms. The zero-order valence-corrected chi connectivity index (χ0v) is 57.1. The van der Waals surface area contributed by atoms with Gasteiger partial charge in [-0.15, -0.1) is 0 Å². The molecule has 0 spiro atoms. The Balaban J connectivity index is -0.000000457. The Labute approximate surface area is 524 Å². The summed E-state index contributed by atoms with van der Waals surface area (Å²) < 4.78 is 52.1. The van der Waals surface area contributed by atoms with Crippen LogP contribution in [0.25, 0.3) is 32.3 Å². The van der Waals surface area contributed by atoms with Gasteiger partial charge < -0.3 is 47.4 Å². The molecule has 0 aliphatic carbocycles. The molecule has 0 heterocycles. The fourth-order valence-corrected chi connectivity index (χ4v) is 6.19. The Morgan fingerprint density at radius 1 is 0.221 bits per heavy atom. The van der Waals surface area contributed by atoms with Gasteiger partial charge in [0.05, 0.1) is 33.0 Å². The molecule has 0 N–H and O–H groups in total. The van der Waals surface area contributed by atoms with E-state index in [2.05, 4.69) is 110 Å². The second-order valence-electron chi connectivity index (χ2n) is 17.4. The van der Waals surface area contributed by atoms with E-state index in [0.717, 1.165) is 44.9 Å². The van der Waals surface area contributed by atoms with Crippen molar-refractivity contribution >= 4 is 32.3 Å². The highest BCUT2D eigenvalue weighted by molar-refractivity contribution is 5.89. The summed E-state index contributed by atoms with van der Waals surface area (Å²) in [4.78, 5) is 0. The van der Waals surface area contributed by atoms with Gasteiger partial charge in [0, 0.05) is 51.7 Å². The number of rotatable bonds is 21. The van der Waals surface area contributed by atoms with Gasteiger partial charge in [0.25, 0.3) is 0 Å². The molecule has 0 aliphatic heterocycles.